The maximum atomic E-state index is 10.7. The molecule has 0 fully saturated rings. The van der Waals surface area contributed by atoms with E-state index in [1.165, 1.54) is 0 Å². The molecule has 130 valence electrons. The summed E-state index contributed by atoms with van der Waals surface area (Å²) in [6, 6.07) is 2.11. The summed E-state index contributed by atoms with van der Waals surface area (Å²) in [6.07, 6.45) is -0.516. The van der Waals surface area contributed by atoms with Crippen LogP contribution in [0.1, 0.15) is 49.3 Å². The van der Waals surface area contributed by atoms with E-state index in [4.69, 9.17) is 9.26 Å². The molecular weight excluding hydrogens is 304 g/mol. The molecule has 2 atom stereocenters. The van der Waals surface area contributed by atoms with Crippen LogP contribution in [0.2, 0.25) is 0 Å². The molecule has 24 heavy (non-hydrogen) atoms. The van der Waals surface area contributed by atoms with Crippen molar-refractivity contribution in [1.29, 1.82) is 0 Å². The molecule has 5 heteroatoms. The molecule has 0 aliphatic carbocycles. The minimum Gasteiger partial charge on any atom is -0.496 e. The second-order valence-corrected chi connectivity index (χ2v) is 7.34. The molecule has 1 aliphatic rings. The van der Waals surface area contributed by atoms with Gasteiger partial charge in [-0.3, -0.25) is 0 Å². The Morgan fingerprint density at radius 1 is 1.29 bits per heavy atom. The second kappa shape index (κ2) is 5.52. The number of benzene rings is 1. The number of hydrogen-bond donors (Lipinski definition) is 2. The maximum Gasteiger partial charge on any atom is 0.141 e. The van der Waals surface area contributed by atoms with Crippen LogP contribution in [0, 0.1) is 20.8 Å². The first-order chi connectivity index (χ1) is 11.2. The average molecular weight is 330 g/mol. The van der Waals surface area contributed by atoms with E-state index in [0.717, 1.165) is 45.1 Å². The van der Waals surface area contributed by atoms with Gasteiger partial charge in [0.15, 0.2) is 0 Å². The minimum atomic E-state index is -0.516. The number of nitrogens with one attached hydrogen (secondary N) is 1. The highest BCUT2D eigenvalue weighted by atomic mass is 16.5. The number of aliphatic hydroxyl groups excluding tert-OH is 1. The van der Waals surface area contributed by atoms with Gasteiger partial charge in [0, 0.05) is 22.7 Å². The first-order valence-electron chi connectivity index (χ1n) is 8.30. The first kappa shape index (κ1) is 16.8. The van der Waals surface area contributed by atoms with Crippen LogP contribution in [0.25, 0.3) is 11.1 Å². The zero-order valence-corrected chi connectivity index (χ0v) is 15.4. The molecule has 0 amide bonds. The second-order valence-electron chi connectivity index (χ2n) is 7.34. The zero-order valence-electron chi connectivity index (χ0n) is 15.4. The number of ether oxygens (including phenoxy) is 1. The van der Waals surface area contributed by atoms with Crippen molar-refractivity contribution in [3.05, 3.63) is 28.6 Å². The highest BCUT2D eigenvalue weighted by Gasteiger charge is 2.41. The first-order valence-corrected chi connectivity index (χ1v) is 8.30. The van der Waals surface area contributed by atoms with Crippen molar-refractivity contribution in [2.45, 2.75) is 59.1 Å². The smallest absolute Gasteiger partial charge is 0.141 e. The molecule has 1 aliphatic heterocycles. The van der Waals surface area contributed by atoms with Crippen molar-refractivity contribution in [3.63, 3.8) is 0 Å². The van der Waals surface area contributed by atoms with Gasteiger partial charge in [-0.15, -0.1) is 0 Å². The lowest BCUT2D eigenvalue weighted by molar-refractivity contribution is 0.0858. The maximum absolute atomic E-state index is 10.7. The fourth-order valence-corrected chi connectivity index (χ4v) is 3.88. The van der Waals surface area contributed by atoms with Gasteiger partial charge in [-0.1, -0.05) is 12.1 Å². The summed E-state index contributed by atoms with van der Waals surface area (Å²) in [6.45, 7) is 12.0. The standard InChI is InChI=1S/C19H26N2O3/c1-9-8-13(15-11(3)21-24-12(15)4)17(23-7)14-10(2)18(22)19(5,6)20-16(9)14/h8,10,18,20,22H,1-7H3. The molecule has 1 aromatic carbocycles. The predicted molar refractivity (Wildman–Crippen MR) is 94.8 cm³/mol. The lowest BCUT2D eigenvalue weighted by Gasteiger charge is -2.43. The van der Waals surface area contributed by atoms with Gasteiger partial charge in [0.25, 0.3) is 0 Å². The Hall–Kier alpha value is -2.01. The highest BCUT2D eigenvalue weighted by molar-refractivity contribution is 5.82. The highest BCUT2D eigenvalue weighted by Crippen LogP contribution is 2.50. The van der Waals surface area contributed by atoms with Crippen molar-refractivity contribution < 1.29 is 14.4 Å². The summed E-state index contributed by atoms with van der Waals surface area (Å²) >= 11 is 0. The van der Waals surface area contributed by atoms with E-state index in [0.29, 0.717) is 0 Å². The summed E-state index contributed by atoms with van der Waals surface area (Å²) in [5.41, 5.74) is 5.54. The number of rotatable bonds is 2. The van der Waals surface area contributed by atoms with Crippen LogP contribution in [-0.4, -0.2) is 29.0 Å². The van der Waals surface area contributed by atoms with E-state index < -0.39 is 11.6 Å². The number of aryl methyl sites for hydroxylation is 3. The molecule has 0 spiro atoms. The third-order valence-electron chi connectivity index (χ3n) is 5.14. The molecule has 0 saturated carbocycles. The molecule has 3 rings (SSSR count). The number of fused-ring (bicyclic) bond motifs is 1. The van der Waals surface area contributed by atoms with Crippen LogP contribution in [-0.2, 0) is 0 Å². The Labute approximate surface area is 143 Å². The number of hydrogen-bond acceptors (Lipinski definition) is 5. The molecule has 5 nitrogen and oxygen atoms in total. The van der Waals surface area contributed by atoms with E-state index in [1.807, 2.05) is 34.6 Å². The van der Waals surface area contributed by atoms with Crippen molar-refractivity contribution in [2.24, 2.45) is 0 Å². The van der Waals surface area contributed by atoms with Gasteiger partial charge in [0.1, 0.15) is 11.5 Å². The Morgan fingerprint density at radius 3 is 2.50 bits per heavy atom. The van der Waals surface area contributed by atoms with Crippen molar-refractivity contribution >= 4 is 5.69 Å². The third kappa shape index (κ3) is 2.30. The van der Waals surface area contributed by atoms with Crippen LogP contribution in [0.5, 0.6) is 5.75 Å². The zero-order chi connectivity index (χ0) is 17.8. The van der Waals surface area contributed by atoms with Gasteiger partial charge in [-0.05, 0) is 46.2 Å². The Balaban J connectivity index is 2.32. The lowest BCUT2D eigenvalue weighted by Crippen LogP contribution is -2.50. The van der Waals surface area contributed by atoms with E-state index in [2.05, 4.69) is 23.5 Å². The predicted octanol–water partition coefficient (Wildman–Crippen LogP) is 3.94. The van der Waals surface area contributed by atoms with Gasteiger partial charge in [-0.25, -0.2) is 0 Å². The van der Waals surface area contributed by atoms with Crippen molar-refractivity contribution in [3.8, 4) is 16.9 Å². The van der Waals surface area contributed by atoms with E-state index in [-0.39, 0.29) is 5.92 Å². The number of anilines is 1. The van der Waals surface area contributed by atoms with Crippen LogP contribution in [0.15, 0.2) is 10.6 Å². The molecule has 0 bridgehead atoms. The number of nitrogens with zero attached hydrogens (tertiary/aromatic N) is 1. The molecule has 1 aromatic heterocycles. The monoisotopic (exact) mass is 330 g/mol. The molecule has 2 heterocycles. The van der Waals surface area contributed by atoms with E-state index in [1.54, 1.807) is 7.11 Å². The van der Waals surface area contributed by atoms with Crippen molar-refractivity contribution in [2.75, 3.05) is 12.4 Å². The quantitative estimate of drug-likeness (QED) is 0.873. The topological polar surface area (TPSA) is 67.5 Å². The summed E-state index contributed by atoms with van der Waals surface area (Å²) < 4.78 is 11.1. The van der Waals surface area contributed by atoms with Gasteiger partial charge >= 0.3 is 0 Å². The molecule has 0 saturated heterocycles. The van der Waals surface area contributed by atoms with Gasteiger partial charge in [-0.2, -0.15) is 0 Å². The molecule has 2 N–H and O–H groups in total. The van der Waals surface area contributed by atoms with Gasteiger partial charge < -0.3 is 19.7 Å². The average Bonchev–Trinajstić information content (AvgIpc) is 2.84. The van der Waals surface area contributed by atoms with Crippen LogP contribution < -0.4 is 10.1 Å². The normalized spacial score (nSPS) is 22.0. The minimum absolute atomic E-state index is 0.0506. The third-order valence-corrected chi connectivity index (χ3v) is 5.14. The number of aromatic nitrogens is 1. The number of aliphatic hydroxyl groups is 1. The Morgan fingerprint density at radius 2 is 1.96 bits per heavy atom. The lowest BCUT2D eigenvalue weighted by atomic mass is 9.76. The SMILES string of the molecule is COc1c(-c2c(C)noc2C)cc(C)c2c1C(C)C(O)C(C)(C)N2. The van der Waals surface area contributed by atoms with Crippen LogP contribution in [0.3, 0.4) is 0 Å². The van der Waals surface area contributed by atoms with Gasteiger partial charge in [0.2, 0.25) is 0 Å². The van der Waals surface area contributed by atoms with Crippen molar-refractivity contribution in [1.82, 2.24) is 5.16 Å². The largest absolute Gasteiger partial charge is 0.496 e. The summed E-state index contributed by atoms with van der Waals surface area (Å²) in [5.74, 6) is 1.49. The number of methoxy groups -OCH3 is 1. The Bertz CT molecular complexity index is 773. The summed E-state index contributed by atoms with van der Waals surface area (Å²) in [5, 5.41) is 18.3. The van der Waals surface area contributed by atoms with Gasteiger partial charge in [0.05, 0.1) is 30.0 Å². The molecule has 2 unspecified atom stereocenters. The fraction of sp³-hybridized carbons (Fsp3) is 0.526. The van der Waals surface area contributed by atoms with E-state index in [9.17, 15) is 5.11 Å². The molecule has 0 radical (unpaired) electrons. The fourth-order valence-electron chi connectivity index (χ4n) is 3.88. The van der Waals surface area contributed by atoms with Crippen LogP contribution in [0.4, 0.5) is 5.69 Å². The summed E-state index contributed by atoms with van der Waals surface area (Å²) in [4.78, 5) is 0. The molecular formula is C19H26N2O3. The Kier molecular flexibility index (Phi) is 3.87. The summed E-state index contributed by atoms with van der Waals surface area (Å²) in [7, 11) is 1.67. The van der Waals surface area contributed by atoms with Crippen LogP contribution >= 0.6 is 0 Å². The molecule has 2 aromatic rings. The van der Waals surface area contributed by atoms with E-state index >= 15 is 0 Å².